The van der Waals surface area contributed by atoms with E-state index in [9.17, 15) is 5.11 Å². The molecule has 0 atom stereocenters. The Labute approximate surface area is 87.1 Å². The molecule has 0 heterocycles. The van der Waals surface area contributed by atoms with E-state index in [-0.39, 0.29) is 12.1 Å². The molecule has 0 radical (unpaired) electrons. The third-order valence-corrected chi connectivity index (χ3v) is 3.11. The summed E-state index contributed by atoms with van der Waals surface area (Å²) in [6.45, 7) is 1.20. The number of rotatable bonds is 5. The van der Waals surface area contributed by atoms with E-state index in [1.54, 1.807) is 0 Å². The molecule has 14 heavy (non-hydrogen) atoms. The third-order valence-electron chi connectivity index (χ3n) is 3.11. The van der Waals surface area contributed by atoms with Crippen molar-refractivity contribution in [2.45, 2.75) is 50.5 Å². The molecule has 0 aromatic heterocycles. The number of unbranched alkanes of at least 4 members (excludes halogenated alkanes) is 1. The molecular formula is C12H21NO. The zero-order valence-corrected chi connectivity index (χ0v) is 8.89. The van der Waals surface area contributed by atoms with Crippen molar-refractivity contribution < 1.29 is 5.11 Å². The van der Waals surface area contributed by atoms with Crippen LogP contribution in [0, 0.1) is 12.3 Å². The van der Waals surface area contributed by atoms with Crippen molar-refractivity contribution in [3.05, 3.63) is 0 Å². The number of aliphatic hydroxyl groups excluding tert-OH is 1. The summed E-state index contributed by atoms with van der Waals surface area (Å²) >= 11 is 0. The van der Waals surface area contributed by atoms with Crippen LogP contribution in [-0.4, -0.2) is 23.8 Å². The minimum atomic E-state index is 0.00679. The van der Waals surface area contributed by atoms with Crippen LogP contribution in [-0.2, 0) is 0 Å². The molecule has 0 saturated heterocycles. The normalized spacial score (nSPS) is 20.3. The number of hydrogen-bond acceptors (Lipinski definition) is 2. The molecular weight excluding hydrogens is 174 g/mol. The molecule has 80 valence electrons. The highest BCUT2D eigenvalue weighted by atomic mass is 16.3. The first kappa shape index (κ1) is 11.6. The summed E-state index contributed by atoms with van der Waals surface area (Å²) < 4.78 is 0. The topological polar surface area (TPSA) is 32.3 Å². The maximum Gasteiger partial charge on any atom is 0.0613 e. The highest BCUT2D eigenvalue weighted by Crippen LogP contribution is 2.27. The maximum absolute atomic E-state index is 9.40. The van der Waals surface area contributed by atoms with Crippen LogP contribution in [0.3, 0.4) is 0 Å². The van der Waals surface area contributed by atoms with E-state index >= 15 is 0 Å². The Morgan fingerprint density at radius 1 is 1.29 bits per heavy atom. The monoisotopic (exact) mass is 195 g/mol. The van der Waals surface area contributed by atoms with Gasteiger partial charge < -0.3 is 10.4 Å². The van der Waals surface area contributed by atoms with E-state index in [0.717, 1.165) is 32.2 Å². The van der Waals surface area contributed by atoms with Gasteiger partial charge in [-0.05, 0) is 25.8 Å². The Hall–Kier alpha value is -0.520. The highest BCUT2D eigenvalue weighted by molar-refractivity contribution is 4.91. The van der Waals surface area contributed by atoms with Crippen LogP contribution in [0.25, 0.3) is 0 Å². The molecule has 1 saturated carbocycles. The van der Waals surface area contributed by atoms with Crippen LogP contribution in [0.15, 0.2) is 0 Å². The van der Waals surface area contributed by atoms with Gasteiger partial charge >= 0.3 is 0 Å². The average molecular weight is 195 g/mol. The Kier molecular flexibility index (Phi) is 5.00. The van der Waals surface area contributed by atoms with Crippen molar-refractivity contribution in [1.29, 1.82) is 0 Å². The van der Waals surface area contributed by atoms with Gasteiger partial charge in [-0.2, -0.15) is 0 Å². The molecule has 0 bridgehead atoms. The molecule has 0 aromatic rings. The zero-order valence-electron chi connectivity index (χ0n) is 8.89. The number of hydrogen-bond donors (Lipinski definition) is 2. The summed E-state index contributed by atoms with van der Waals surface area (Å²) in [6, 6.07) is 0. The summed E-state index contributed by atoms with van der Waals surface area (Å²) in [7, 11) is 0. The van der Waals surface area contributed by atoms with Gasteiger partial charge in [0.05, 0.1) is 6.61 Å². The molecule has 0 aromatic carbocycles. The molecule has 0 aliphatic heterocycles. The van der Waals surface area contributed by atoms with E-state index in [2.05, 4.69) is 11.2 Å². The van der Waals surface area contributed by atoms with Crippen molar-refractivity contribution >= 4 is 0 Å². The van der Waals surface area contributed by atoms with Gasteiger partial charge in [0.1, 0.15) is 0 Å². The predicted octanol–water partition coefficient (Wildman–Crippen LogP) is 1.68. The summed E-state index contributed by atoms with van der Waals surface area (Å²) in [5.41, 5.74) is 0.00679. The first-order chi connectivity index (χ1) is 6.83. The Bertz CT molecular complexity index is 189. The molecule has 1 aliphatic rings. The van der Waals surface area contributed by atoms with E-state index in [1.807, 2.05) is 0 Å². The molecule has 1 aliphatic carbocycles. The van der Waals surface area contributed by atoms with Gasteiger partial charge in [0.2, 0.25) is 0 Å². The van der Waals surface area contributed by atoms with E-state index in [0.29, 0.717) is 0 Å². The number of aliphatic hydroxyl groups is 1. The van der Waals surface area contributed by atoms with Gasteiger partial charge in [0.25, 0.3) is 0 Å². The molecule has 0 unspecified atom stereocenters. The van der Waals surface area contributed by atoms with E-state index in [1.165, 1.54) is 19.3 Å². The lowest BCUT2D eigenvalue weighted by atomic mass is 9.82. The third kappa shape index (κ3) is 3.32. The van der Waals surface area contributed by atoms with E-state index in [4.69, 9.17) is 6.42 Å². The summed E-state index contributed by atoms with van der Waals surface area (Å²) in [4.78, 5) is 0. The fourth-order valence-corrected chi connectivity index (χ4v) is 2.16. The molecule has 2 N–H and O–H groups in total. The smallest absolute Gasteiger partial charge is 0.0613 e. The van der Waals surface area contributed by atoms with Gasteiger partial charge in [-0.1, -0.05) is 19.3 Å². The minimum absolute atomic E-state index is 0.00679. The quantitative estimate of drug-likeness (QED) is 0.517. The Morgan fingerprint density at radius 3 is 2.57 bits per heavy atom. The number of nitrogens with one attached hydrogen (secondary N) is 1. The molecule has 2 nitrogen and oxygen atoms in total. The first-order valence-electron chi connectivity index (χ1n) is 5.62. The fraction of sp³-hybridized carbons (Fsp3) is 0.833. The molecule has 0 spiro atoms. The molecule has 2 heteroatoms. The Morgan fingerprint density at radius 2 is 2.00 bits per heavy atom. The predicted molar refractivity (Wildman–Crippen MR) is 59.0 cm³/mol. The first-order valence-corrected chi connectivity index (χ1v) is 5.62. The van der Waals surface area contributed by atoms with Crippen LogP contribution < -0.4 is 5.32 Å². The summed E-state index contributed by atoms with van der Waals surface area (Å²) in [6.07, 6.45) is 13.0. The zero-order chi connectivity index (χ0) is 10.3. The van der Waals surface area contributed by atoms with Crippen LogP contribution in [0.4, 0.5) is 0 Å². The van der Waals surface area contributed by atoms with Gasteiger partial charge in [-0.3, -0.25) is 0 Å². The molecule has 0 amide bonds. The van der Waals surface area contributed by atoms with Gasteiger partial charge in [0, 0.05) is 12.0 Å². The van der Waals surface area contributed by atoms with Crippen molar-refractivity contribution in [2.24, 2.45) is 0 Å². The second-order valence-corrected chi connectivity index (χ2v) is 4.23. The van der Waals surface area contributed by atoms with Crippen LogP contribution >= 0.6 is 0 Å². The molecule has 1 fully saturated rings. The summed E-state index contributed by atoms with van der Waals surface area (Å²) in [5.74, 6) is 2.63. The lowest BCUT2D eigenvalue weighted by Crippen LogP contribution is -2.50. The van der Waals surface area contributed by atoms with Crippen molar-refractivity contribution in [3.63, 3.8) is 0 Å². The standard InChI is InChI=1S/C12H21NO/c1-2-3-7-10-13-12(11-14)8-5-4-6-9-12/h1,13-14H,3-11H2. The van der Waals surface area contributed by atoms with Gasteiger partial charge in [-0.25, -0.2) is 0 Å². The molecule has 1 rings (SSSR count). The van der Waals surface area contributed by atoms with Crippen molar-refractivity contribution in [2.75, 3.05) is 13.2 Å². The maximum atomic E-state index is 9.40. The minimum Gasteiger partial charge on any atom is -0.394 e. The van der Waals surface area contributed by atoms with Gasteiger partial charge in [0.15, 0.2) is 0 Å². The van der Waals surface area contributed by atoms with Crippen LogP contribution in [0.2, 0.25) is 0 Å². The summed E-state index contributed by atoms with van der Waals surface area (Å²) in [5, 5.41) is 12.9. The van der Waals surface area contributed by atoms with E-state index < -0.39 is 0 Å². The second-order valence-electron chi connectivity index (χ2n) is 4.23. The Balaban J connectivity index is 2.26. The second kappa shape index (κ2) is 6.06. The lowest BCUT2D eigenvalue weighted by Gasteiger charge is -2.36. The van der Waals surface area contributed by atoms with Crippen LogP contribution in [0.5, 0.6) is 0 Å². The number of terminal acetylenes is 1. The average Bonchev–Trinajstić information content (AvgIpc) is 2.26. The highest BCUT2D eigenvalue weighted by Gasteiger charge is 2.29. The van der Waals surface area contributed by atoms with Crippen molar-refractivity contribution in [3.8, 4) is 12.3 Å². The SMILES string of the molecule is C#CCCCNC1(CO)CCCCC1. The largest absolute Gasteiger partial charge is 0.394 e. The van der Waals surface area contributed by atoms with Gasteiger partial charge in [-0.15, -0.1) is 12.3 Å². The fourth-order valence-electron chi connectivity index (χ4n) is 2.16. The van der Waals surface area contributed by atoms with Crippen LogP contribution in [0.1, 0.15) is 44.9 Å². The lowest BCUT2D eigenvalue weighted by molar-refractivity contribution is 0.121. The van der Waals surface area contributed by atoms with Crippen molar-refractivity contribution in [1.82, 2.24) is 5.32 Å².